The van der Waals surface area contributed by atoms with Crippen LogP contribution in [0.5, 0.6) is 0 Å². The molecule has 0 aromatic heterocycles. The number of hydrogen-bond acceptors (Lipinski definition) is 6. The molecule has 2 N–H and O–H groups in total. The molecule has 1 unspecified atom stereocenters. The lowest BCUT2D eigenvalue weighted by atomic mass is 10.0. The molecule has 10 heteroatoms. The van der Waals surface area contributed by atoms with Gasteiger partial charge in [-0.05, 0) is 44.9 Å². The monoisotopic (exact) mass is 459 g/mol. The van der Waals surface area contributed by atoms with E-state index >= 15 is 0 Å². The Morgan fingerprint density at radius 1 is 1.27 bits per heavy atom. The van der Waals surface area contributed by atoms with E-state index < -0.39 is 10.0 Å². The van der Waals surface area contributed by atoms with E-state index in [2.05, 4.69) is 28.8 Å². The van der Waals surface area contributed by atoms with Gasteiger partial charge in [-0.15, -0.1) is 0 Å². The maximum absolute atomic E-state index is 12.7. The second-order valence-electron chi connectivity index (χ2n) is 8.23. The van der Waals surface area contributed by atoms with Crippen molar-refractivity contribution in [2.75, 3.05) is 46.0 Å². The van der Waals surface area contributed by atoms with Crippen molar-refractivity contribution in [2.45, 2.75) is 43.2 Å². The number of rotatable bonds is 8. The standard InChI is InChI=1S/C20H30ClN3O5S/c1-20(2,24-7-10-28-11-8-24)14-22-19(25)15-5-6-17(21)18(12-15)30(26,27)23-13-16-4-3-9-29-16/h5-6,12,16,23H,3-4,7-11,13-14H2,1-2H3,(H,22,25). The molecule has 2 aliphatic rings. The summed E-state index contributed by atoms with van der Waals surface area (Å²) < 4.78 is 38.8. The zero-order valence-electron chi connectivity index (χ0n) is 17.4. The van der Waals surface area contributed by atoms with Gasteiger partial charge in [-0.25, -0.2) is 13.1 Å². The first-order chi connectivity index (χ1) is 14.2. The zero-order chi connectivity index (χ0) is 21.8. The number of halogens is 1. The summed E-state index contributed by atoms with van der Waals surface area (Å²) in [6, 6.07) is 4.28. The SMILES string of the molecule is CC(C)(CNC(=O)c1ccc(Cl)c(S(=O)(=O)NCC2CCCO2)c1)N1CCOCC1. The Bertz CT molecular complexity index is 850. The van der Waals surface area contributed by atoms with Crippen LogP contribution < -0.4 is 10.0 Å². The van der Waals surface area contributed by atoms with E-state index in [0.29, 0.717) is 26.4 Å². The Labute approximate surface area is 183 Å². The number of sulfonamides is 1. The van der Waals surface area contributed by atoms with Crippen molar-refractivity contribution in [2.24, 2.45) is 0 Å². The Kier molecular flexibility index (Phi) is 7.76. The van der Waals surface area contributed by atoms with Gasteiger partial charge in [0.15, 0.2) is 0 Å². The molecule has 1 atom stereocenters. The maximum Gasteiger partial charge on any atom is 0.251 e. The average molecular weight is 460 g/mol. The van der Waals surface area contributed by atoms with Gasteiger partial charge < -0.3 is 14.8 Å². The lowest BCUT2D eigenvalue weighted by Gasteiger charge is -2.40. The second kappa shape index (κ2) is 9.93. The van der Waals surface area contributed by atoms with E-state index in [0.717, 1.165) is 25.9 Å². The summed E-state index contributed by atoms with van der Waals surface area (Å²) in [5.74, 6) is -0.344. The highest BCUT2D eigenvalue weighted by molar-refractivity contribution is 7.89. The molecule has 30 heavy (non-hydrogen) atoms. The zero-order valence-corrected chi connectivity index (χ0v) is 19.0. The first-order valence-corrected chi connectivity index (χ1v) is 12.1. The third kappa shape index (κ3) is 5.93. The minimum absolute atomic E-state index is 0.0695. The van der Waals surface area contributed by atoms with Crippen LogP contribution in [0.2, 0.25) is 5.02 Å². The average Bonchev–Trinajstić information content (AvgIpc) is 3.25. The van der Waals surface area contributed by atoms with E-state index in [9.17, 15) is 13.2 Å². The smallest absolute Gasteiger partial charge is 0.251 e. The van der Waals surface area contributed by atoms with E-state index in [1.807, 2.05) is 0 Å². The van der Waals surface area contributed by atoms with Gasteiger partial charge >= 0.3 is 0 Å². The van der Waals surface area contributed by atoms with Gasteiger partial charge in [0.25, 0.3) is 5.91 Å². The molecule has 0 spiro atoms. The summed E-state index contributed by atoms with van der Waals surface area (Å²) in [6.07, 6.45) is 1.61. The van der Waals surface area contributed by atoms with Gasteiger partial charge in [0.2, 0.25) is 10.0 Å². The topological polar surface area (TPSA) is 97.0 Å². The fraction of sp³-hybridized carbons (Fsp3) is 0.650. The maximum atomic E-state index is 12.7. The van der Waals surface area contributed by atoms with Gasteiger partial charge in [0, 0.05) is 43.9 Å². The highest BCUT2D eigenvalue weighted by Crippen LogP contribution is 2.23. The van der Waals surface area contributed by atoms with Crippen molar-refractivity contribution in [1.82, 2.24) is 14.9 Å². The Hall–Kier alpha value is -1.23. The minimum atomic E-state index is -3.86. The molecule has 2 fully saturated rings. The normalized spacial score (nSPS) is 21.0. The van der Waals surface area contributed by atoms with E-state index in [-0.39, 0.29) is 39.6 Å². The number of amides is 1. The molecule has 1 amide bonds. The molecule has 3 rings (SSSR count). The molecule has 2 saturated heterocycles. The summed E-state index contributed by atoms with van der Waals surface area (Å²) in [4.78, 5) is 14.9. The van der Waals surface area contributed by atoms with Gasteiger partial charge in [-0.3, -0.25) is 9.69 Å². The van der Waals surface area contributed by atoms with Gasteiger partial charge in [-0.2, -0.15) is 0 Å². The van der Waals surface area contributed by atoms with Crippen LogP contribution in [0.4, 0.5) is 0 Å². The molecule has 1 aromatic carbocycles. The molecule has 0 radical (unpaired) electrons. The van der Waals surface area contributed by atoms with Crippen LogP contribution in [0.15, 0.2) is 23.1 Å². The quantitative estimate of drug-likeness (QED) is 0.613. The van der Waals surface area contributed by atoms with E-state index in [4.69, 9.17) is 21.1 Å². The lowest BCUT2D eigenvalue weighted by Crippen LogP contribution is -2.55. The van der Waals surface area contributed by atoms with Crippen molar-refractivity contribution >= 4 is 27.5 Å². The van der Waals surface area contributed by atoms with Crippen LogP contribution in [0.3, 0.4) is 0 Å². The summed E-state index contributed by atoms with van der Waals surface area (Å²) in [5, 5.41) is 2.98. The first kappa shape index (κ1) is 23.4. The number of ether oxygens (including phenoxy) is 2. The Balaban J connectivity index is 1.65. The van der Waals surface area contributed by atoms with Crippen molar-refractivity contribution in [1.29, 1.82) is 0 Å². The number of carbonyl (C=O) groups excluding carboxylic acids is 1. The highest BCUT2D eigenvalue weighted by atomic mass is 35.5. The summed E-state index contributed by atoms with van der Waals surface area (Å²) in [5.41, 5.74) is -0.00136. The van der Waals surface area contributed by atoms with Crippen molar-refractivity contribution < 1.29 is 22.7 Å². The predicted molar refractivity (Wildman–Crippen MR) is 114 cm³/mol. The summed E-state index contributed by atoms with van der Waals surface area (Å²) >= 11 is 6.13. The van der Waals surface area contributed by atoms with Gasteiger partial charge in [0.05, 0.1) is 24.3 Å². The van der Waals surface area contributed by atoms with Crippen molar-refractivity contribution in [3.05, 3.63) is 28.8 Å². The van der Waals surface area contributed by atoms with Crippen molar-refractivity contribution in [3.8, 4) is 0 Å². The molecular weight excluding hydrogens is 430 g/mol. The Morgan fingerprint density at radius 2 is 2.00 bits per heavy atom. The summed E-state index contributed by atoms with van der Waals surface area (Å²) in [6.45, 7) is 8.34. The fourth-order valence-corrected chi connectivity index (χ4v) is 5.21. The Morgan fingerprint density at radius 3 is 2.67 bits per heavy atom. The van der Waals surface area contributed by atoms with Crippen LogP contribution in [0.1, 0.15) is 37.0 Å². The predicted octanol–water partition coefficient (Wildman–Crippen LogP) is 1.64. The van der Waals surface area contributed by atoms with Gasteiger partial charge in [-0.1, -0.05) is 11.6 Å². The molecule has 2 aliphatic heterocycles. The molecule has 0 aliphatic carbocycles. The van der Waals surface area contributed by atoms with Crippen LogP contribution >= 0.6 is 11.6 Å². The molecule has 8 nitrogen and oxygen atoms in total. The number of nitrogens with one attached hydrogen (secondary N) is 2. The second-order valence-corrected chi connectivity index (χ2v) is 10.4. The fourth-order valence-electron chi connectivity index (χ4n) is 3.62. The van der Waals surface area contributed by atoms with Gasteiger partial charge in [0.1, 0.15) is 4.90 Å². The largest absolute Gasteiger partial charge is 0.379 e. The molecule has 2 heterocycles. The molecular formula is C20H30ClN3O5S. The molecule has 168 valence electrons. The number of hydrogen-bond donors (Lipinski definition) is 2. The number of benzene rings is 1. The highest BCUT2D eigenvalue weighted by Gasteiger charge is 2.29. The van der Waals surface area contributed by atoms with Crippen LogP contribution in [0, 0.1) is 0 Å². The number of morpholine rings is 1. The lowest BCUT2D eigenvalue weighted by molar-refractivity contribution is -0.00923. The van der Waals surface area contributed by atoms with Crippen LogP contribution in [0.25, 0.3) is 0 Å². The van der Waals surface area contributed by atoms with Crippen LogP contribution in [-0.2, 0) is 19.5 Å². The molecule has 0 saturated carbocycles. The van der Waals surface area contributed by atoms with E-state index in [1.54, 1.807) is 0 Å². The molecule has 1 aromatic rings. The number of carbonyl (C=O) groups is 1. The third-order valence-electron chi connectivity index (χ3n) is 5.56. The van der Waals surface area contributed by atoms with Crippen molar-refractivity contribution in [3.63, 3.8) is 0 Å². The van der Waals surface area contributed by atoms with Crippen LogP contribution in [-0.4, -0.2) is 76.9 Å². The minimum Gasteiger partial charge on any atom is -0.379 e. The molecule has 0 bridgehead atoms. The third-order valence-corrected chi connectivity index (χ3v) is 7.46. The number of nitrogens with zero attached hydrogens (tertiary/aromatic N) is 1. The summed E-state index contributed by atoms with van der Waals surface area (Å²) in [7, 11) is -3.86. The first-order valence-electron chi connectivity index (χ1n) is 10.2. The van der Waals surface area contributed by atoms with E-state index in [1.165, 1.54) is 18.2 Å².